The molecular formula is C29H39NO4. The van der Waals surface area contributed by atoms with Crippen LogP contribution < -0.4 is 9.47 Å². The molecule has 0 unspecified atom stereocenters. The van der Waals surface area contributed by atoms with Gasteiger partial charge in [0, 0.05) is 6.07 Å². The van der Waals surface area contributed by atoms with Gasteiger partial charge in [-0.25, -0.2) is 14.6 Å². The van der Waals surface area contributed by atoms with Crippen molar-refractivity contribution in [3.63, 3.8) is 0 Å². The molecule has 5 nitrogen and oxygen atoms in total. The van der Waals surface area contributed by atoms with E-state index in [1.807, 2.05) is 81.4 Å². The normalized spacial score (nSPS) is 9.12. The molecule has 0 amide bonds. The van der Waals surface area contributed by atoms with Crippen LogP contribution in [0.2, 0.25) is 0 Å². The van der Waals surface area contributed by atoms with E-state index >= 15 is 0 Å². The van der Waals surface area contributed by atoms with Crippen LogP contribution in [0.4, 0.5) is 0 Å². The number of ether oxygens (including phenoxy) is 2. The van der Waals surface area contributed by atoms with Crippen LogP contribution in [0.15, 0.2) is 54.7 Å². The summed E-state index contributed by atoms with van der Waals surface area (Å²) in [6.45, 7) is 19.8. The highest BCUT2D eigenvalue weighted by Gasteiger charge is 2.13. The summed E-state index contributed by atoms with van der Waals surface area (Å²) in [6.07, 6.45) is 1.35. The highest BCUT2D eigenvalue weighted by molar-refractivity contribution is 5.92. The lowest BCUT2D eigenvalue weighted by molar-refractivity contribution is 0.0713. The van der Waals surface area contributed by atoms with Crippen molar-refractivity contribution in [3.8, 4) is 11.6 Å². The molecule has 1 aromatic heterocycles. The molecular weight excluding hydrogens is 426 g/mol. The van der Waals surface area contributed by atoms with E-state index in [9.17, 15) is 9.59 Å². The zero-order chi connectivity index (χ0) is 26.3. The van der Waals surface area contributed by atoms with Crippen LogP contribution in [0, 0.1) is 27.7 Å². The van der Waals surface area contributed by atoms with Crippen molar-refractivity contribution in [2.45, 2.75) is 69.2 Å². The third-order valence-corrected chi connectivity index (χ3v) is 4.60. The summed E-state index contributed by atoms with van der Waals surface area (Å²) in [4.78, 5) is 28.5. The average molecular weight is 466 g/mol. The van der Waals surface area contributed by atoms with Crippen molar-refractivity contribution >= 4 is 11.9 Å². The van der Waals surface area contributed by atoms with Crippen molar-refractivity contribution in [2.75, 3.05) is 0 Å². The van der Waals surface area contributed by atoms with Crippen LogP contribution in [0.25, 0.3) is 0 Å². The number of nitrogens with zero attached hydrogens (tertiary/aromatic N) is 1. The van der Waals surface area contributed by atoms with Crippen molar-refractivity contribution in [1.29, 1.82) is 0 Å². The first kappa shape index (κ1) is 30.5. The van der Waals surface area contributed by atoms with Gasteiger partial charge >= 0.3 is 11.9 Å². The van der Waals surface area contributed by atoms with Gasteiger partial charge in [0.15, 0.2) is 0 Å². The van der Waals surface area contributed by atoms with E-state index in [1.54, 1.807) is 24.3 Å². The summed E-state index contributed by atoms with van der Waals surface area (Å²) in [5.74, 6) is -0.552. The van der Waals surface area contributed by atoms with E-state index in [-0.39, 0.29) is 11.6 Å². The van der Waals surface area contributed by atoms with Crippen molar-refractivity contribution in [1.82, 2.24) is 4.98 Å². The Hall–Kier alpha value is -3.47. The van der Waals surface area contributed by atoms with Gasteiger partial charge < -0.3 is 9.47 Å². The molecule has 0 bridgehead atoms. The third kappa shape index (κ3) is 9.18. The zero-order valence-electron chi connectivity index (χ0n) is 22.3. The number of aryl methyl sites for hydroxylation is 4. The average Bonchev–Trinajstić information content (AvgIpc) is 2.87. The molecule has 5 heteroatoms. The fourth-order valence-electron chi connectivity index (χ4n) is 2.54. The maximum Gasteiger partial charge on any atom is 0.344 e. The van der Waals surface area contributed by atoms with Gasteiger partial charge in [0.1, 0.15) is 5.75 Å². The highest BCUT2D eigenvalue weighted by Crippen LogP contribution is 2.18. The molecule has 0 atom stereocenters. The standard InChI is InChI=1S/C23H21NO4.3C2H6/c1-14-5-7-18(11-16(14)3)22(25)27-20-9-10-21(24-13-20)28-23(26)19-8-6-15(2)17(4)12-19;3*1-2/h5-13H,1-4H3;3*1-2H3. The predicted molar refractivity (Wildman–Crippen MR) is 140 cm³/mol. The largest absolute Gasteiger partial charge is 0.421 e. The van der Waals surface area contributed by atoms with E-state index in [0.717, 1.165) is 22.3 Å². The number of hydrogen-bond donors (Lipinski definition) is 0. The fourth-order valence-corrected chi connectivity index (χ4v) is 2.54. The Kier molecular flexibility index (Phi) is 14.5. The first-order chi connectivity index (χ1) is 16.3. The molecule has 0 spiro atoms. The topological polar surface area (TPSA) is 65.5 Å². The minimum Gasteiger partial charge on any atom is -0.421 e. The number of hydrogen-bond acceptors (Lipinski definition) is 5. The summed E-state index contributed by atoms with van der Waals surface area (Å²) < 4.78 is 10.6. The van der Waals surface area contributed by atoms with Crippen LogP contribution in [0.1, 0.15) is 84.5 Å². The molecule has 34 heavy (non-hydrogen) atoms. The molecule has 0 saturated carbocycles. The van der Waals surface area contributed by atoms with Gasteiger partial charge in [-0.15, -0.1) is 0 Å². The summed E-state index contributed by atoms with van der Waals surface area (Å²) >= 11 is 0. The minimum absolute atomic E-state index is 0.134. The molecule has 0 fully saturated rings. The maximum absolute atomic E-state index is 12.2. The molecule has 0 aliphatic heterocycles. The maximum atomic E-state index is 12.2. The number of carbonyl (C=O) groups is 2. The van der Waals surface area contributed by atoms with Gasteiger partial charge in [0.25, 0.3) is 0 Å². The summed E-state index contributed by atoms with van der Waals surface area (Å²) in [5, 5.41) is 0. The molecule has 0 aliphatic rings. The van der Waals surface area contributed by atoms with Crippen LogP contribution in [0.5, 0.6) is 11.6 Å². The van der Waals surface area contributed by atoms with E-state index in [2.05, 4.69) is 4.98 Å². The molecule has 1 heterocycles. The van der Waals surface area contributed by atoms with Crippen molar-refractivity contribution in [2.24, 2.45) is 0 Å². The zero-order valence-corrected chi connectivity index (χ0v) is 22.3. The Balaban J connectivity index is 0.00000168. The molecule has 3 rings (SSSR count). The Morgan fingerprint density at radius 3 is 1.41 bits per heavy atom. The summed E-state index contributed by atoms with van der Waals surface area (Å²) in [7, 11) is 0. The number of aromatic nitrogens is 1. The lowest BCUT2D eigenvalue weighted by atomic mass is 10.1. The third-order valence-electron chi connectivity index (χ3n) is 4.60. The van der Waals surface area contributed by atoms with Gasteiger partial charge in [-0.3, -0.25) is 0 Å². The Bertz CT molecular complexity index is 956. The van der Waals surface area contributed by atoms with E-state index in [1.165, 1.54) is 18.3 Å². The Morgan fingerprint density at radius 2 is 1.03 bits per heavy atom. The second-order valence-corrected chi connectivity index (χ2v) is 6.71. The number of rotatable bonds is 4. The van der Waals surface area contributed by atoms with Gasteiger partial charge in [0.2, 0.25) is 5.88 Å². The first-order valence-electron chi connectivity index (χ1n) is 11.9. The van der Waals surface area contributed by atoms with Crippen LogP contribution in [-0.4, -0.2) is 16.9 Å². The van der Waals surface area contributed by atoms with E-state index in [0.29, 0.717) is 11.1 Å². The van der Waals surface area contributed by atoms with Gasteiger partial charge in [-0.05, 0) is 80.3 Å². The summed E-state index contributed by atoms with van der Waals surface area (Å²) in [5.41, 5.74) is 5.15. The molecule has 3 aromatic rings. The van der Waals surface area contributed by atoms with Crippen LogP contribution in [0.3, 0.4) is 0 Å². The lowest BCUT2D eigenvalue weighted by Gasteiger charge is -2.08. The highest BCUT2D eigenvalue weighted by atomic mass is 16.5. The van der Waals surface area contributed by atoms with E-state index in [4.69, 9.17) is 9.47 Å². The second-order valence-electron chi connectivity index (χ2n) is 6.71. The first-order valence-corrected chi connectivity index (χ1v) is 11.9. The number of esters is 2. The Morgan fingerprint density at radius 1 is 0.588 bits per heavy atom. The molecule has 2 aromatic carbocycles. The number of pyridine rings is 1. The monoisotopic (exact) mass is 465 g/mol. The molecule has 184 valence electrons. The van der Waals surface area contributed by atoms with Gasteiger partial charge in [-0.1, -0.05) is 53.7 Å². The SMILES string of the molecule is CC.CC.CC.Cc1ccc(C(=O)Oc2ccc(OC(=O)c3ccc(C)c(C)c3)nc2)cc1C. The smallest absolute Gasteiger partial charge is 0.344 e. The van der Waals surface area contributed by atoms with Crippen molar-refractivity contribution < 1.29 is 19.1 Å². The predicted octanol–water partition coefficient (Wildman–Crippen LogP) is 7.83. The minimum atomic E-state index is -0.490. The van der Waals surface area contributed by atoms with Gasteiger partial charge in [-0.2, -0.15) is 0 Å². The fraction of sp³-hybridized carbons (Fsp3) is 0.345. The number of benzene rings is 2. The Labute approximate surface area is 205 Å². The molecule has 0 aliphatic carbocycles. The molecule has 0 radical (unpaired) electrons. The molecule has 0 saturated heterocycles. The molecule has 0 N–H and O–H groups in total. The quantitative estimate of drug-likeness (QED) is 0.367. The van der Waals surface area contributed by atoms with Crippen LogP contribution >= 0.6 is 0 Å². The second kappa shape index (κ2) is 16.2. The van der Waals surface area contributed by atoms with Crippen molar-refractivity contribution in [3.05, 3.63) is 88.1 Å². The lowest BCUT2D eigenvalue weighted by Crippen LogP contribution is -2.11. The van der Waals surface area contributed by atoms with Gasteiger partial charge in [0.05, 0.1) is 17.3 Å². The van der Waals surface area contributed by atoms with Crippen LogP contribution in [-0.2, 0) is 0 Å². The number of carbonyl (C=O) groups excluding carboxylic acids is 2. The van der Waals surface area contributed by atoms with E-state index < -0.39 is 11.9 Å². The summed E-state index contributed by atoms with van der Waals surface area (Å²) in [6, 6.07) is 13.8.